The summed E-state index contributed by atoms with van der Waals surface area (Å²) in [5.74, 6) is -0.341. The fourth-order valence-corrected chi connectivity index (χ4v) is 3.17. The Morgan fingerprint density at radius 1 is 1.17 bits per heavy atom. The highest BCUT2D eigenvalue weighted by atomic mass is 35.5. The number of carbonyl (C=O) groups is 2. The largest absolute Gasteiger partial charge is 0.332 e. The van der Waals surface area contributed by atoms with E-state index in [1.807, 2.05) is 0 Å². The lowest BCUT2D eigenvalue weighted by Crippen LogP contribution is -3.13. The molecule has 1 saturated heterocycles. The van der Waals surface area contributed by atoms with Crippen molar-refractivity contribution in [2.45, 2.75) is 19.3 Å². The second-order valence-corrected chi connectivity index (χ2v) is 6.70. The molecule has 1 aromatic rings. The summed E-state index contributed by atoms with van der Waals surface area (Å²) in [7, 11) is 1.64. The molecule has 0 atom stereocenters. The molecule has 0 aliphatic carbocycles. The fraction of sp³-hybridized carbons (Fsp3) is 0.500. The second kappa shape index (κ2) is 8.52. The molecule has 7 heteroatoms. The summed E-state index contributed by atoms with van der Waals surface area (Å²) in [5, 5.41) is 3.41. The first-order valence-electron chi connectivity index (χ1n) is 7.79. The number of rotatable bonds is 5. The van der Waals surface area contributed by atoms with Gasteiger partial charge in [0.15, 0.2) is 6.54 Å². The van der Waals surface area contributed by atoms with Crippen molar-refractivity contribution < 1.29 is 14.5 Å². The number of benzene rings is 1. The zero-order valence-corrected chi connectivity index (χ0v) is 14.7. The summed E-state index contributed by atoms with van der Waals surface area (Å²) in [6.07, 6.45) is 3.57. The van der Waals surface area contributed by atoms with Gasteiger partial charge in [0.2, 0.25) is 5.91 Å². The van der Waals surface area contributed by atoms with Gasteiger partial charge in [0, 0.05) is 7.05 Å². The third kappa shape index (κ3) is 5.37. The number of carbonyl (C=O) groups excluding carboxylic acids is 2. The van der Waals surface area contributed by atoms with Crippen LogP contribution in [0, 0.1) is 0 Å². The standard InChI is InChI=1S/C16H21Cl2N3O2/c1-20(15(23)11-21-8-3-2-4-9-21)10-14(22)19-16-12(17)6-5-7-13(16)18/h5-7H,2-4,8-11H2,1H3,(H,19,22)/p+1. The number of piperidine rings is 1. The Hall–Kier alpha value is -1.30. The first-order chi connectivity index (χ1) is 11.0. The van der Waals surface area contributed by atoms with Crippen LogP contribution in [0.3, 0.4) is 0 Å². The van der Waals surface area contributed by atoms with Gasteiger partial charge in [0.1, 0.15) is 0 Å². The Morgan fingerprint density at radius 3 is 2.39 bits per heavy atom. The van der Waals surface area contributed by atoms with Gasteiger partial charge in [-0.2, -0.15) is 0 Å². The number of hydrogen-bond donors (Lipinski definition) is 2. The molecule has 0 spiro atoms. The molecule has 1 aliphatic heterocycles. The van der Waals surface area contributed by atoms with Crippen LogP contribution >= 0.6 is 23.2 Å². The van der Waals surface area contributed by atoms with E-state index in [9.17, 15) is 9.59 Å². The molecule has 0 saturated carbocycles. The molecule has 0 radical (unpaired) electrons. The van der Waals surface area contributed by atoms with E-state index < -0.39 is 0 Å². The quantitative estimate of drug-likeness (QED) is 0.837. The zero-order chi connectivity index (χ0) is 16.8. The van der Waals surface area contributed by atoms with Gasteiger partial charge in [-0.15, -0.1) is 0 Å². The maximum Gasteiger partial charge on any atom is 0.277 e. The lowest BCUT2D eigenvalue weighted by Gasteiger charge is -2.25. The number of anilines is 1. The molecule has 0 bridgehead atoms. The van der Waals surface area contributed by atoms with Gasteiger partial charge in [-0.05, 0) is 31.4 Å². The molecule has 1 fully saturated rings. The molecule has 0 unspecified atom stereocenters. The summed E-state index contributed by atoms with van der Waals surface area (Å²) in [5.41, 5.74) is 0.378. The number of likely N-dealkylation sites (N-methyl/N-ethyl adjacent to an activating group) is 1. The summed E-state index contributed by atoms with van der Waals surface area (Å²) in [4.78, 5) is 27.0. The first-order valence-corrected chi connectivity index (χ1v) is 8.54. The van der Waals surface area contributed by atoms with Gasteiger partial charge in [-0.1, -0.05) is 29.3 Å². The summed E-state index contributed by atoms with van der Waals surface area (Å²) in [6.45, 7) is 2.48. The van der Waals surface area contributed by atoms with Crippen LogP contribution in [0.25, 0.3) is 0 Å². The van der Waals surface area contributed by atoms with Crippen LogP contribution in [-0.4, -0.2) is 49.9 Å². The van der Waals surface area contributed by atoms with Crippen molar-refractivity contribution >= 4 is 40.7 Å². The summed E-state index contributed by atoms with van der Waals surface area (Å²) >= 11 is 12.0. The van der Waals surface area contributed by atoms with E-state index in [4.69, 9.17) is 23.2 Å². The third-order valence-corrected chi connectivity index (χ3v) is 4.63. The topological polar surface area (TPSA) is 53.9 Å². The van der Waals surface area contributed by atoms with E-state index in [1.165, 1.54) is 16.2 Å². The lowest BCUT2D eigenvalue weighted by atomic mass is 10.1. The van der Waals surface area contributed by atoms with Crippen molar-refractivity contribution in [2.75, 3.05) is 38.5 Å². The number of likely N-dealkylation sites (tertiary alicyclic amines) is 1. The smallest absolute Gasteiger partial charge is 0.277 e. The average molecular weight is 359 g/mol. The summed E-state index contributed by atoms with van der Waals surface area (Å²) in [6, 6.07) is 5.01. The number of nitrogens with zero attached hydrogens (tertiary/aromatic N) is 1. The van der Waals surface area contributed by atoms with Crippen LogP contribution in [-0.2, 0) is 9.59 Å². The highest BCUT2D eigenvalue weighted by Crippen LogP contribution is 2.29. The molecule has 1 aromatic carbocycles. The van der Waals surface area contributed by atoms with E-state index >= 15 is 0 Å². The maximum atomic E-state index is 12.2. The number of quaternary nitrogens is 1. The Bertz CT molecular complexity index is 554. The molecular weight excluding hydrogens is 337 g/mol. The van der Waals surface area contributed by atoms with E-state index in [1.54, 1.807) is 25.2 Å². The molecule has 2 N–H and O–H groups in total. The second-order valence-electron chi connectivity index (χ2n) is 5.88. The molecule has 5 nitrogen and oxygen atoms in total. The molecular formula is C16H22Cl2N3O2+. The predicted octanol–water partition coefficient (Wildman–Crippen LogP) is 1.46. The zero-order valence-electron chi connectivity index (χ0n) is 13.2. The first kappa shape index (κ1) is 18.0. The normalized spacial score (nSPS) is 15.3. The minimum Gasteiger partial charge on any atom is -0.332 e. The van der Waals surface area contributed by atoms with Crippen molar-refractivity contribution in [3.8, 4) is 0 Å². The Balaban J connectivity index is 1.85. The van der Waals surface area contributed by atoms with Gasteiger partial charge >= 0.3 is 0 Å². The minimum absolute atomic E-state index is 0.0202. The predicted molar refractivity (Wildman–Crippen MR) is 92.1 cm³/mol. The molecule has 1 aliphatic rings. The minimum atomic E-state index is -0.315. The van der Waals surface area contributed by atoms with E-state index in [0.717, 1.165) is 25.9 Å². The van der Waals surface area contributed by atoms with Crippen LogP contribution in [0.4, 0.5) is 5.69 Å². The number of hydrogen-bond acceptors (Lipinski definition) is 2. The van der Waals surface area contributed by atoms with Crippen molar-refractivity contribution in [3.63, 3.8) is 0 Å². The SMILES string of the molecule is CN(CC(=O)Nc1c(Cl)cccc1Cl)C(=O)C[NH+]1CCCCC1. The Morgan fingerprint density at radius 2 is 1.78 bits per heavy atom. The summed E-state index contributed by atoms with van der Waals surface area (Å²) < 4.78 is 0. The van der Waals surface area contributed by atoms with Gasteiger partial charge in [0.25, 0.3) is 5.91 Å². The third-order valence-electron chi connectivity index (χ3n) is 4.00. The number of amides is 2. The van der Waals surface area contributed by atoms with Crippen LogP contribution in [0.5, 0.6) is 0 Å². The maximum absolute atomic E-state index is 12.2. The molecule has 126 valence electrons. The van der Waals surface area contributed by atoms with Crippen LogP contribution in [0.1, 0.15) is 19.3 Å². The molecule has 0 aromatic heterocycles. The molecule has 23 heavy (non-hydrogen) atoms. The Labute approximate surface area is 146 Å². The lowest BCUT2D eigenvalue weighted by molar-refractivity contribution is -0.897. The van der Waals surface area contributed by atoms with E-state index in [0.29, 0.717) is 22.3 Å². The number of para-hydroxylation sites is 1. The van der Waals surface area contributed by atoms with Gasteiger partial charge in [0.05, 0.1) is 35.4 Å². The Kier molecular flexibility index (Phi) is 6.69. The number of nitrogens with one attached hydrogen (secondary N) is 2. The average Bonchev–Trinajstić information content (AvgIpc) is 2.52. The highest BCUT2D eigenvalue weighted by Gasteiger charge is 2.21. The molecule has 1 heterocycles. The molecule has 2 rings (SSSR count). The van der Waals surface area contributed by atoms with Crippen molar-refractivity contribution in [2.24, 2.45) is 0 Å². The fourth-order valence-electron chi connectivity index (χ4n) is 2.68. The van der Waals surface area contributed by atoms with E-state index in [2.05, 4.69) is 5.32 Å². The highest BCUT2D eigenvalue weighted by molar-refractivity contribution is 6.39. The van der Waals surface area contributed by atoms with Gasteiger partial charge < -0.3 is 15.1 Å². The van der Waals surface area contributed by atoms with Crippen molar-refractivity contribution in [1.82, 2.24) is 4.90 Å². The van der Waals surface area contributed by atoms with Gasteiger partial charge in [-0.25, -0.2) is 0 Å². The monoisotopic (exact) mass is 358 g/mol. The van der Waals surface area contributed by atoms with Crippen LogP contribution < -0.4 is 10.2 Å². The van der Waals surface area contributed by atoms with Gasteiger partial charge in [-0.3, -0.25) is 9.59 Å². The number of halogens is 2. The molecule has 2 amide bonds. The van der Waals surface area contributed by atoms with Crippen molar-refractivity contribution in [1.29, 1.82) is 0 Å². The van der Waals surface area contributed by atoms with Crippen LogP contribution in [0.15, 0.2) is 18.2 Å². The van der Waals surface area contributed by atoms with Crippen molar-refractivity contribution in [3.05, 3.63) is 28.2 Å². The van der Waals surface area contributed by atoms with Crippen LogP contribution in [0.2, 0.25) is 10.0 Å². The van der Waals surface area contributed by atoms with E-state index in [-0.39, 0.29) is 18.4 Å².